The third-order valence-corrected chi connectivity index (χ3v) is 3.00. The first-order chi connectivity index (χ1) is 9.13. The Labute approximate surface area is 112 Å². The van der Waals surface area contributed by atoms with Crippen molar-refractivity contribution < 1.29 is 14.6 Å². The zero-order valence-corrected chi connectivity index (χ0v) is 10.8. The fraction of sp³-hybridized carbons (Fsp3) is 0.188. The van der Waals surface area contributed by atoms with Crippen molar-refractivity contribution in [2.24, 2.45) is 0 Å². The third-order valence-electron chi connectivity index (χ3n) is 3.00. The van der Waals surface area contributed by atoms with Crippen molar-refractivity contribution in [3.05, 3.63) is 54.6 Å². The Balaban J connectivity index is 2.27. The van der Waals surface area contributed by atoms with Crippen molar-refractivity contribution in [3.63, 3.8) is 0 Å². The molecule has 0 aliphatic carbocycles. The molecule has 0 amide bonds. The molecule has 0 fully saturated rings. The van der Waals surface area contributed by atoms with Crippen molar-refractivity contribution in [2.45, 2.75) is 19.4 Å². The highest BCUT2D eigenvalue weighted by molar-refractivity contribution is 5.95. The van der Waals surface area contributed by atoms with Gasteiger partial charge in [-0.05, 0) is 17.9 Å². The Hall–Kier alpha value is -2.13. The number of hydrogen-bond donors (Lipinski definition) is 1. The summed E-state index contributed by atoms with van der Waals surface area (Å²) in [5, 5.41) is 11.4. The summed E-state index contributed by atoms with van der Waals surface area (Å²) in [6, 6.07) is 13.1. The Morgan fingerprint density at radius 3 is 2.68 bits per heavy atom. The van der Waals surface area contributed by atoms with Crippen LogP contribution in [0.1, 0.15) is 13.3 Å². The second-order valence-electron chi connectivity index (χ2n) is 4.32. The summed E-state index contributed by atoms with van der Waals surface area (Å²) in [6.45, 7) is 5.36. The van der Waals surface area contributed by atoms with Crippen molar-refractivity contribution in [2.75, 3.05) is 0 Å². The average Bonchev–Trinajstić information content (AvgIpc) is 2.46. The molecule has 3 heteroatoms. The second kappa shape index (κ2) is 5.67. The van der Waals surface area contributed by atoms with Crippen LogP contribution in [0.2, 0.25) is 0 Å². The van der Waals surface area contributed by atoms with Crippen LogP contribution in [0.25, 0.3) is 10.8 Å². The molecule has 1 atom stereocenters. The van der Waals surface area contributed by atoms with E-state index in [1.807, 2.05) is 36.4 Å². The van der Waals surface area contributed by atoms with E-state index in [0.717, 1.165) is 10.8 Å². The van der Waals surface area contributed by atoms with Gasteiger partial charge < -0.3 is 9.84 Å². The standard InChI is InChI=1S/C16H16O3/c1-3-14(17)11(2)16(18)19-15-10-6-8-12-7-4-5-9-13(12)15/h4-10,14,17H,2-3H2,1H3/t14-/m0/s1. The lowest BCUT2D eigenvalue weighted by molar-refractivity contribution is -0.131. The number of rotatable bonds is 4. The van der Waals surface area contributed by atoms with Gasteiger partial charge in [0.05, 0.1) is 11.7 Å². The Morgan fingerprint density at radius 2 is 1.95 bits per heavy atom. The monoisotopic (exact) mass is 256 g/mol. The van der Waals surface area contributed by atoms with Gasteiger partial charge in [-0.1, -0.05) is 49.9 Å². The van der Waals surface area contributed by atoms with E-state index in [1.165, 1.54) is 0 Å². The number of carbonyl (C=O) groups excluding carboxylic acids is 1. The topological polar surface area (TPSA) is 46.5 Å². The van der Waals surface area contributed by atoms with Gasteiger partial charge in [0.25, 0.3) is 0 Å². The Morgan fingerprint density at radius 1 is 1.26 bits per heavy atom. The number of hydrogen-bond acceptors (Lipinski definition) is 3. The van der Waals surface area contributed by atoms with Gasteiger partial charge in [0.2, 0.25) is 0 Å². The summed E-state index contributed by atoms with van der Waals surface area (Å²) in [4.78, 5) is 11.9. The number of fused-ring (bicyclic) bond motifs is 1. The van der Waals surface area contributed by atoms with Gasteiger partial charge in [-0.3, -0.25) is 0 Å². The van der Waals surface area contributed by atoms with Crippen LogP contribution < -0.4 is 4.74 Å². The van der Waals surface area contributed by atoms with E-state index in [2.05, 4.69) is 6.58 Å². The minimum absolute atomic E-state index is 0.0791. The first-order valence-corrected chi connectivity index (χ1v) is 6.20. The molecular weight excluding hydrogens is 240 g/mol. The van der Waals surface area contributed by atoms with E-state index in [1.54, 1.807) is 13.0 Å². The van der Waals surface area contributed by atoms with E-state index in [-0.39, 0.29) is 5.57 Å². The minimum atomic E-state index is -0.859. The molecule has 0 saturated heterocycles. The van der Waals surface area contributed by atoms with Crippen LogP contribution in [0.3, 0.4) is 0 Å². The highest BCUT2D eigenvalue weighted by Gasteiger charge is 2.17. The lowest BCUT2D eigenvalue weighted by Crippen LogP contribution is -2.20. The second-order valence-corrected chi connectivity index (χ2v) is 4.32. The SMILES string of the molecule is C=C(C(=O)Oc1cccc2ccccc12)[C@@H](O)CC. The van der Waals surface area contributed by atoms with Crippen LogP contribution >= 0.6 is 0 Å². The summed E-state index contributed by atoms with van der Waals surface area (Å²) in [6.07, 6.45) is -0.425. The van der Waals surface area contributed by atoms with Crippen molar-refractivity contribution in [3.8, 4) is 5.75 Å². The van der Waals surface area contributed by atoms with Gasteiger partial charge in [0, 0.05) is 5.39 Å². The van der Waals surface area contributed by atoms with Crippen molar-refractivity contribution in [1.82, 2.24) is 0 Å². The molecule has 2 rings (SSSR count). The van der Waals surface area contributed by atoms with Crippen LogP contribution in [-0.4, -0.2) is 17.2 Å². The van der Waals surface area contributed by atoms with Crippen molar-refractivity contribution in [1.29, 1.82) is 0 Å². The molecule has 0 unspecified atom stereocenters. The third kappa shape index (κ3) is 2.83. The molecule has 0 spiro atoms. The molecule has 1 N–H and O–H groups in total. The molecule has 0 aromatic heterocycles. The van der Waals surface area contributed by atoms with E-state index >= 15 is 0 Å². The maximum absolute atomic E-state index is 11.9. The molecular formula is C16H16O3. The van der Waals surface area contributed by atoms with Gasteiger partial charge >= 0.3 is 5.97 Å². The molecule has 3 nitrogen and oxygen atoms in total. The molecule has 0 radical (unpaired) electrons. The molecule has 0 aliphatic rings. The van der Waals surface area contributed by atoms with E-state index < -0.39 is 12.1 Å². The highest BCUT2D eigenvalue weighted by Crippen LogP contribution is 2.26. The smallest absolute Gasteiger partial charge is 0.341 e. The molecule has 19 heavy (non-hydrogen) atoms. The van der Waals surface area contributed by atoms with Crippen LogP contribution in [0.15, 0.2) is 54.6 Å². The summed E-state index contributed by atoms with van der Waals surface area (Å²) in [5.41, 5.74) is 0.0791. The molecule has 0 heterocycles. The van der Waals surface area contributed by atoms with Gasteiger partial charge in [-0.25, -0.2) is 4.79 Å². The van der Waals surface area contributed by atoms with Crippen LogP contribution in [-0.2, 0) is 4.79 Å². The molecule has 0 saturated carbocycles. The summed E-state index contributed by atoms with van der Waals surface area (Å²) in [7, 11) is 0. The first kappa shape index (κ1) is 13.3. The van der Waals surface area contributed by atoms with Gasteiger partial charge in [0.15, 0.2) is 0 Å². The number of aliphatic hydroxyl groups excluding tert-OH is 1. The summed E-state index contributed by atoms with van der Waals surface area (Å²) in [5.74, 6) is -0.113. The average molecular weight is 256 g/mol. The number of ether oxygens (including phenoxy) is 1. The predicted molar refractivity (Wildman–Crippen MR) is 75.0 cm³/mol. The first-order valence-electron chi connectivity index (χ1n) is 6.20. The van der Waals surface area contributed by atoms with E-state index in [0.29, 0.717) is 12.2 Å². The predicted octanol–water partition coefficient (Wildman–Crippen LogP) is 3.07. The number of benzene rings is 2. The van der Waals surface area contributed by atoms with Crippen molar-refractivity contribution >= 4 is 16.7 Å². The van der Waals surface area contributed by atoms with Crippen LogP contribution in [0, 0.1) is 0 Å². The van der Waals surface area contributed by atoms with Gasteiger partial charge in [-0.2, -0.15) is 0 Å². The fourth-order valence-corrected chi connectivity index (χ4v) is 1.83. The van der Waals surface area contributed by atoms with E-state index in [4.69, 9.17) is 4.74 Å². The lowest BCUT2D eigenvalue weighted by atomic mass is 10.1. The van der Waals surface area contributed by atoms with Crippen LogP contribution in [0.4, 0.5) is 0 Å². The largest absolute Gasteiger partial charge is 0.422 e. The normalized spacial score (nSPS) is 12.1. The zero-order chi connectivity index (χ0) is 13.8. The molecule has 2 aromatic rings. The molecule has 0 bridgehead atoms. The fourth-order valence-electron chi connectivity index (χ4n) is 1.83. The molecule has 98 valence electrons. The maximum Gasteiger partial charge on any atom is 0.341 e. The van der Waals surface area contributed by atoms with Crippen LogP contribution in [0.5, 0.6) is 5.75 Å². The van der Waals surface area contributed by atoms with Gasteiger partial charge in [-0.15, -0.1) is 0 Å². The minimum Gasteiger partial charge on any atom is -0.422 e. The highest BCUT2D eigenvalue weighted by atomic mass is 16.5. The summed E-state index contributed by atoms with van der Waals surface area (Å²) < 4.78 is 5.31. The molecule has 0 aliphatic heterocycles. The van der Waals surface area contributed by atoms with Gasteiger partial charge in [0.1, 0.15) is 5.75 Å². The van der Waals surface area contributed by atoms with E-state index in [9.17, 15) is 9.90 Å². The quantitative estimate of drug-likeness (QED) is 0.519. The maximum atomic E-state index is 11.9. The number of carbonyl (C=O) groups is 1. The molecule has 2 aromatic carbocycles. The lowest BCUT2D eigenvalue weighted by Gasteiger charge is -2.12. The zero-order valence-electron chi connectivity index (χ0n) is 10.8. The number of aliphatic hydroxyl groups is 1. The number of esters is 1. The Kier molecular flexibility index (Phi) is 3.97. The Bertz CT molecular complexity index is 611. The summed E-state index contributed by atoms with van der Waals surface area (Å²) >= 11 is 0.